The lowest BCUT2D eigenvalue weighted by atomic mass is 9.97. The molecule has 0 saturated carbocycles. The average Bonchev–Trinajstić information content (AvgIpc) is 2.17. The lowest BCUT2D eigenvalue weighted by molar-refractivity contribution is 0.382. The van der Waals surface area contributed by atoms with E-state index in [1.54, 1.807) is 6.07 Å². The van der Waals surface area contributed by atoms with Crippen LogP contribution in [0.2, 0.25) is 0 Å². The molecule has 0 heterocycles. The summed E-state index contributed by atoms with van der Waals surface area (Å²) in [5.41, 5.74) is 0.743. The van der Waals surface area contributed by atoms with Gasteiger partial charge in [-0.25, -0.2) is 4.39 Å². The number of benzene rings is 1. The molecular weight excluding hydrogens is 261 g/mol. The van der Waals surface area contributed by atoms with Crippen molar-refractivity contribution in [3.8, 4) is 11.8 Å². The molecule has 1 aromatic rings. The molecule has 4 heteroatoms. The maximum Gasteiger partial charge on any atom is 0.184 e. The van der Waals surface area contributed by atoms with Crippen molar-refractivity contribution in [3.63, 3.8) is 0 Å². The Bertz CT molecular complexity index is 424. The highest BCUT2D eigenvalue weighted by Crippen LogP contribution is 2.35. The van der Waals surface area contributed by atoms with Crippen LogP contribution in [-0.4, -0.2) is 7.11 Å². The first-order valence-corrected chi connectivity index (χ1v) is 5.28. The van der Waals surface area contributed by atoms with Crippen LogP contribution < -0.4 is 4.74 Å². The number of ether oxygens (including phenoxy) is 1. The summed E-state index contributed by atoms with van der Waals surface area (Å²) in [6, 6.07) is 3.60. The van der Waals surface area contributed by atoms with Gasteiger partial charge in [-0.3, -0.25) is 0 Å². The summed E-state index contributed by atoms with van der Waals surface area (Å²) in [6.07, 6.45) is 0. The maximum absolute atomic E-state index is 13.8. The van der Waals surface area contributed by atoms with Crippen LogP contribution in [0.15, 0.2) is 10.5 Å². The van der Waals surface area contributed by atoms with E-state index in [0.29, 0.717) is 10.0 Å². The molecule has 0 atom stereocenters. The first-order valence-electron chi connectivity index (χ1n) is 4.48. The van der Waals surface area contributed by atoms with Crippen LogP contribution in [0.25, 0.3) is 0 Å². The van der Waals surface area contributed by atoms with Crippen LogP contribution in [0.3, 0.4) is 0 Å². The quantitative estimate of drug-likeness (QED) is 0.824. The third kappa shape index (κ3) is 2.13. The molecule has 0 radical (unpaired) electrons. The number of methoxy groups -OCH3 is 1. The molecule has 0 aromatic heterocycles. The predicted molar refractivity (Wildman–Crippen MR) is 59.5 cm³/mol. The average molecular weight is 272 g/mol. The summed E-state index contributed by atoms with van der Waals surface area (Å²) in [5.74, 6) is -0.426. The van der Waals surface area contributed by atoms with Crippen molar-refractivity contribution in [1.82, 2.24) is 0 Å². The lowest BCUT2D eigenvalue weighted by Crippen LogP contribution is -2.00. The largest absolute Gasteiger partial charge is 0.492 e. The van der Waals surface area contributed by atoms with Gasteiger partial charge in [-0.15, -0.1) is 0 Å². The second-order valence-corrected chi connectivity index (χ2v) is 4.29. The van der Waals surface area contributed by atoms with E-state index in [1.165, 1.54) is 7.11 Å². The first kappa shape index (κ1) is 12.0. The van der Waals surface area contributed by atoms with E-state index in [4.69, 9.17) is 10.00 Å². The van der Waals surface area contributed by atoms with Crippen LogP contribution in [0.5, 0.6) is 5.75 Å². The van der Waals surface area contributed by atoms with Gasteiger partial charge in [0.05, 0.1) is 17.1 Å². The van der Waals surface area contributed by atoms with Crippen molar-refractivity contribution in [3.05, 3.63) is 27.5 Å². The minimum atomic E-state index is -0.599. The fourth-order valence-electron chi connectivity index (χ4n) is 1.38. The smallest absolute Gasteiger partial charge is 0.184 e. The summed E-state index contributed by atoms with van der Waals surface area (Å²) >= 11 is 3.22. The molecule has 0 aliphatic heterocycles. The summed E-state index contributed by atoms with van der Waals surface area (Å²) in [5, 5.41) is 8.90. The topological polar surface area (TPSA) is 33.0 Å². The van der Waals surface area contributed by atoms with Gasteiger partial charge in [-0.05, 0) is 33.5 Å². The Hall–Kier alpha value is -1.08. The minimum absolute atomic E-state index is 0.0602. The number of hydrogen-bond donors (Lipinski definition) is 0. The molecule has 0 fully saturated rings. The first-order chi connectivity index (χ1) is 7.02. The number of nitrogens with zero attached hydrogens (tertiary/aromatic N) is 1. The molecule has 1 aromatic carbocycles. The van der Waals surface area contributed by atoms with Gasteiger partial charge in [0, 0.05) is 0 Å². The molecule has 80 valence electrons. The van der Waals surface area contributed by atoms with Crippen molar-refractivity contribution in [2.75, 3.05) is 7.11 Å². The third-order valence-electron chi connectivity index (χ3n) is 2.14. The van der Waals surface area contributed by atoms with Crippen LogP contribution >= 0.6 is 15.9 Å². The lowest BCUT2D eigenvalue weighted by Gasteiger charge is -2.12. The number of rotatable bonds is 2. The zero-order valence-corrected chi connectivity index (χ0v) is 10.4. The van der Waals surface area contributed by atoms with Gasteiger partial charge in [-0.1, -0.05) is 13.8 Å². The predicted octanol–water partition coefficient (Wildman–Crippen LogP) is 3.59. The molecule has 0 aliphatic rings. The summed E-state index contributed by atoms with van der Waals surface area (Å²) in [4.78, 5) is 0. The molecule has 0 spiro atoms. The van der Waals surface area contributed by atoms with Gasteiger partial charge in [0.25, 0.3) is 0 Å². The normalized spacial score (nSPS) is 10.2. The fraction of sp³-hybridized carbons (Fsp3) is 0.364. The van der Waals surface area contributed by atoms with E-state index in [0.717, 1.165) is 0 Å². The number of nitriles is 1. The van der Waals surface area contributed by atoms with Crippen LogP contribution in [0, 0.1) is 17.1 Å². The SMILES string of the molecule is COc1c(Br)cc(C(C)C)c(C#N)c1F. The second kappa shape index (κ2) is 4.63. The molecular formula is C11H11BrFNO. The van der Waals surface area contributed by atoms with Crippen molar-refractivity contribution < 1.29 is 9.13 Å². The molecule has 2 nitrogen and oxygen atoms in total. The van der Waals surface area contributed by atoms with Crippen molar-refractivity contribution in [2.45, 2.75) is 19.8 Å². The zero-order chi connectivity index (χ0) is 11.6. The molecule has 1 rings (SSSR count). The minimum Gasteiger partial charge on any atom is -0.492 e. The number of halogens is 2. The molecule has 0 saturated heterocycles. The third-order valence-corrected chi connectivity index (χ3v) is 2.73. The Morgan fingerprint density at radius 2 is 2.13 bits per heavy atom. The van der Waals surface area contributed by atoms with Crippen LogP contribution in [-0.2, 0) is 0 Å². The van der Waals surface area contributed by atoms with E-state index >= 15 is 0 Å². The highest BCUT2D eigenvalue weighted by atomic mass is 79.9. The number of hydrogen-bond acceptors (Lipinski definition) is 2. The van der Waals surface area contributed by atoms with E-state index in [9.17, 15) is 4.39 Å². The molecule has 0 unspecified atom stereocenters. The summed E-state index contributed by atoms with van der Waals surface area (Å²) in [6.45, 7) is 3.82. The maximum atomic E-state index is 13.8. The van der Waals surface area contributed by atoms with Crippen molar-refractivity contribution in [1.29, 1.82) is 5.26 Å². The monoisotopic (exact) mass is 271 g/mol. The van der Waals surface area contributed by atoms with Crippen molar-refractivity contribution >= 4 is 15.9 Å². The van der Waals surface area contributed by atoms with Gasteiger partial charge >= 0.3 is 0 Å². The molecule has 0 N–H and O–H groups in total. The Morgan fingerprint density at radius 3 is 2.53 bits per heavy atom. The van der Waals surface area contributed by atoms with Crippen molar-refractivity contribution in [2.24, 2.45) is 0 Å². The molecule has 0 amide bonds. The second-order valence-electron chi connectivity index (χ2n) is 3.44. The fourth-order valence-corrected chi connectivity index (χ4v) is 1.96. The van der Waals surface area contributed by atoms with E-state index < -0.39 is 5.82 Å². The molecule has 0 aliphatic carbocycles. The Kier molecular flexibility index (Phi) is 3.70. The molecule has 15 heavy (non-hydrogen) atoms. The van der Waals surface area contributed by atoms with Gasteiger partial charge in [-0.2, -0.15) is 5.26 Å². The van der Waals surface area contributed by atoms with Crippen LogP contribution in [0.4, 0.5) is 4.39 Å². The highest BCUT2D eigenvalue weighted by molar-refractivity contribution is 9.10. The van der Waals surface area contributed by atoms with Gasteiger partial charge < -0.3 is 4.74 Å². The van der Waals surface area contributed by atoms with E-state index in [2.05, 4.69) is 15.9 Å². The summed E-state index contributed by atoms with van der Waals surface area (Å²) in [7, 11) is 1.37. The molecule has 0 bridgehead atoms. The highest BCUT2D eigenvalue weighted by Gasteiger charge is 2.19. The Labute approximate surface area is 96.8 Å². The Morgan fingerprint density at radius 1 is 1.53 bits per heavy atom. The van der Waals surface area contributed by atoms with Gasteiger partial charge in [0.1, 0.15) is 6.07 Å². The zero-order valence-electron chi connectivity index (χ0n) is 8.77. The van der Waals surface area contributed by atoms with Gasteiger partial charge in [0.15, 0.2) is 11.6 Å². The Balaban J connectivity index is 3.53. The van der Waals surface area contributed by atoms with Crippen LogP contribution in [0.1, 0.15) is 30.9 Å². The van der Waals surface area contributed by atoms with E-state index in [-0.39, 0.29) is 17.2 Å². The van der Waals surface area contributed by atoms with Gasteiger partial charge in [0.2, 0.25) is 0 Å². The standard InChI is InChI=1S/C11H11BrFNO/c1-6(2)7-4-9(12)11(15-3)10(13)8(7)5-14/h4,6H,1-3H3. The van der Waals surface area contributed by atoms with E-state index in [1.807, 2.05) is 19.9 Å². The summed E-state index contributed by atoms with van der Waals surface area (Å²) < 4.78 is 19.2.